The van der Waals surface area contributed by atoms with Crippen molar-refractivity contribution in [1.82, 2.24) is 9.80 Å². The van der Waals surface area contributed by atoms with Crippen molar-refractivity contribution in [3.05, 3.63) is 0 Å². The molecule has 1 unspecified atom stereocenters. The highest BCUT2D eigenvalue weighted by molar-refractivity contribution is 4.74. The zero-order chi connectivity index (χ0) is 12.7. The van der Waals surface area contributed by atoms with Crippen molar-refractivity contribution in [1.29, 1.82) is 0 Å². The van der Waals surface area contributed by atoms with E-state index in [9.17, 15) is 0 Å². The Morgan fingerprint density at radius 3 is 2.59 bits per heavy atom. The first-order valence-corrected chi connectivity index (χ1v) is 7.24. The molecule has 2 N–H and O–H groups in total. The molecule has 0 aromatic rings. The first-order chi connectivity index (χ1) is 8.11. The molecule has 3 nitrogen and oxygen atoms in total. The van der Waals surface area contributed by atoms with Gasteiger partial charge in [-0.25, -0.2) is 0 Å². The Morgan fingerprint density at radius 2 is 2.00 bits per heavy atom. The molecule has 0 radical (unpaired) electrons. The summed E-state index contributed by atoms with van der Waals surface area (Å²) in [6.45, 7) is 7.05. The van der Waals surface area contributed by atoms with Gasteiger partial charge in [-0.15, -0.1) is 0 Å². The van der Waals surface area contributed by atoms with Crippen molar-refractivity contribution < 1.29 is 0 Å². The summed E-state index contributed by atoms with van der Waals surface area (Å²) < 4.78 is 0. The summed E-state index contributed by atoms with van der Waals surface area (Å²) in [5, 5.41) is 0. The minimum atomic E-state index is 0.367. The van der Waals surface area contributed by atoms with Gasteiger partial charge < -0.3 is 15.5 Å². The molecule has 0 amide bonds. The fourth-order valence-electron chi connectivity index (χ4n) is 2.72. The van der Waals surface area contributed by atoms with Gasteiger partial charge in [0.25, 0.3) is 0 Å². The van der Waals surface area contributed by atoms with E-state index in [2.05, 4.69) is 30.8 Å². The summed E-state index contributed by atoms with van der Waals surface area (Å²) >= 11 is 0. The minimum absolute atomic E-state index is 0.367. The molecule has 0 bridgehead atoms. The van der Waals surface area contributed by atoms with Gasteiger partial charge in [-0.1, -0.05) is 19.8 Å². The first-order valence-electron chi connectivity index (χ1n) is 7.24. The summed E-state index contributed by atoms with van der Waals surface area (Å²) in [5.41, 5.74) is 6.14. The quantitative estimate of drug-likeness (QED) is 0.737. The molecule has 0 spiro atoms. The van der Waals surface area contributed by atoms with Crippen LogP contribution in [0.3, 0.4) is 0 Å². The Balaban J connectivity index is 2.13. The van der Waals surface area contributed by atoms with E-state index >= 15 is 0 Å². The van der Waals surface area contributed by atoms with Crippen LogP contribution in [0.2, 0.25) is 0 Å². The van der Waals surface area contributed by atoms with Crippen LogP contribution in [0.5, 0.6) is 0 Å². The Bertz CT molecular complexity index is 188. The van der Waals surface area contributed by atoms with Gasteiger partial charge in [-0.05, 0) is 52.4 Å². The maximum Gasteiger partial charge on any atom is 0.0167 e. The monoisotopic (exact) mass is 241 g/mol. The molecular weight excluding hydrogens is 210 g/mol. The Labute approximate surface area is 107 Å². The van der Waals surface area contributed by atoms with E-state index in [4.69, 9.17) is 5.73 Å². The molecule has 1 saturated heterocycles. The molecule has 1 aliphatic heterocycles. The molecule has 102 valence electrons. The maximum atomic E-state index is 6.14. The number of rotatable bonds is 7. The molecule has 1 aliphatic rings. The van der Waals surface area contributed by atoms with Gasteiger partial charge in [0.1, 0.15) is 0 Å². The predicted molar refractivity (Wildman–Crippen MR) is 75.2 cm³/mol. The first kappa shape index (κ1) is 14.9. The summed E-state index contributed by atoms with van der Waals surface area (Å²) in [6.07, 6.45) is 6.40. The number of likely N-dealkylation sites (tertiary alicyclic amines) is 1. The number of hydrogen-bond donors (Lipinski definition) is 1. The maximum absolute atomic E-state index is 6.14. The number of nitrogens with two attached hydrogens (primary N) is 1. The van der Waals surface area contributed by atoms with Gasteiger partial charge in [-0.3, -0.25) is 0 Å². The molecule has 1 atom stereocenters. The third-order valence-electron chi connectivity index (χ3n) is 3.88. The van der Waals surface area contributed by atoms with Crippen molar-refractivity contribution in [2.45, 2.75) is 45.1 Å². The lowest BCUT2D eigenvalue weighted by Crippen LogP contribution is -2.40. The Morgan fingerprint density at radius 1 is 1.35 bits per heavy atom. The van der Waals surface area contributed by atoms with Crippen molar-refractivity contribution in [3.63, 3.8) is 0 Å². The molecule has 3 heteroatoms. The lowest BCUT2D eigenvalue weighted by molar-refractivity contribution is 0.171. The van der Waals surface area contributed by atoms with Crippen LogP contribution in [0.4, 0.5) is 0 Å². The van der Waals surface area contributed by atoms with Gasteiger partial charge >= 0.3 is 0 Å². The molecule has 1 fully saturated rings. The van der Waals surface area contributed by atoms with E-state index in [0.717, 1.165) is 12.5 Å². The van der Waals surface area contributed by atoms with E-state index in [1.54, 1.807) is 0 Å². The van der Waals surface area contributed by atoms with Crippen LogP contribution in [0.15, 0.2) is 0 Å². The average molecular weight is 241 g/mol. The number of hydrogen-bond acceptors (Lipinski definition) is 3. The second-order valence-electron chi connectivity index (χ2n) is 5.87. The second kappa shape index (κ2) is 8.06. The Hall–Kier alpha value is -0.120. The molecule has 0 aliphatic carbocycles. The number of piperidine rings is 1. The summed E-state index contributed by atoms with van der Waals surface area (Å²) in [5.74, 6) is 0.884. The smallest absolute Gasteiger partial charge is 0.0167 e. The lowest BCUT2D eigenvalue weighted by Gasteiger charge is -2.32. The topological polar surface area (TPSA) is 32.5 Å². The SMILES string of the molecule is CCCCC(N)CN(C)CC1CCN(C)CC1. The zero-order valence-corrected chi connectivity index (χ0v) is 12.0. The lowest BCUT2D eigenvalue weighted by atomic mass is 9.96. The van der Waals surface area contributed by atoms with E-state index < -0.39 is 0 Å². The minimum Gasteiger partial charge on any atom is -0.327 e. The van der Waals surface area contributed by atoms with Crippen LogP contribution in [-0.2, 0) is 0 Å². The van der Waals surface area contributed by atoms with E-state index in [0.29, 0.717) is 6.04 Å². The number of nitrogens with zero attached hydrogens (tertiary/aromatic N) is 2. The van der Waals surface area contributed by atoms with Crippen molar-refractivity contribution in [2.75, 3.05) is 40.3 Å². The third-order valence-corrected chi connectivity index (χ3v) is 3.88. The summed E-state index contributed by atoms with van der Waals surface area (Å²) in [6, 6.07) is 0.367. The van der Waals surface area contributed by atoms with Gasteiger partial charge in [0, 0.05) is 19.1 Å². The Kier molecular flexibility index (Phi) is 7.09. The highest BCUT2D eigenvalue weighted by atomic mass is 15.1. The average Bonchev–Trinajstić information content (AvgIpc) is 2.29. The van der Waals surface area contributed by atoms with Gasteiger partial charge in [0.2, 0.25) is 0 Å². The van der Waals surface area contributed by atoms with Gasteiger partial charge in [0.05, 0.1) is 0 Å². The molecular formula is C14H31N3. The van der Waals surface area contributed by atoms with E-state index in [-0.39, 0.29) is 0 Å². The number of likely N-dealkylation sites (N-methyl/N-ethyl adjacent to an activating group) is 1. The van der Waals surface area contributed by atoms with E-state index in [1.807, 2.05) is 0 Å². The van der Waals surface area contributed by atoms with Crippen molar-refractivity contribution in [2.24, 2.45) is 11.7 Å². The molecule has 0 aromatic heterocycles. The van der Waals surface area contributed by atoms with Crippen LogP contribution < -0.4 is 5.73 Å². The largest absolute Gasteiger partial charge is 0.327 e. The highest BCUT2D eigenvalue weighted by Crippen LogP contribution is 2.16. The van der Waals surface area contributed by atoms with Crippen LogP contribution in [0.25, 0.3) is 0 Å². The fraction of sp³-hybridized carbons (Fsp3) is 1.00. The van der Waals surface area contributed by atoms with E-state index in [1.165, 1.54) is 51.7 Å². The van der Waals surface area contributed by atoms with Crippen LogP contribution >= 0.6 is 0 Å². The molecule has 0 saturated carbocycles. The predicted octanol–water partition coefficient (Wildman–Crippen LogP) is 1.78. The molecule has 1 rings (SSSR count). The molecule has 0 aromatic carbocycles. The van der Waals surface area contributed by atoms with Crippen molar-refractivity contribution >= 4 is 0 Å². The van der Waals surface area contributed by atoms with Gasteiger partial charge in [0.15, 0.2) is 0 Å². The zero-order valence-electron chi connectivity index (χ0n) is 12.0. The molecule has 17 heavy (non-hydrogen) atoms. The van der Waals surface area contributed by atoms with Crippen molar-refractivity contribution in [3.8, 4) is 0 Å². The fourth-order valence-corrected chi connectivity index (χ4v) is 2.72. The highest BCUT2D eigenvalue weighted by Gasteiger charge is 2.18. The number of unbranched alkanes of at least 4 members (excludes halogenated alkanes) is 1. The third kappa shape index (κ3) is 6.39. The van der Waals surface area contributed by atoms with Crippen LogP contribution in [0.1, 0.15) is 39.0 Å². The van der Waals surface area contributed by atoms with Gasteiger partial charge in [-0.2, -0.15) is 0 Å². The van der Waals surface area contributed by atoms with Crippen LogP contribution in [0, 0.1) is 5.92 Å². The standard InChI is InChI=1S/C14H31N3/c1-4-5-6-14(15)12-17(3)11-13-7-9-16(2)10-8-13/h13-14H,4-12,15H2,1-3H3. The summed E-state index contributed by atoms with van der Waals surface area (Å²) in [7, 11) is 4.45. The summed E-state index contributed by atoms with van der Waals surface area (Å²) in [4.78, 5) is 4.87. The molecule has 1 heterocycles. The van der Waals surface area contributed by atoms with Crippen LogP contribution in [-0.4, -0.2) is 56.1 Å². The second-order valence-corrected chi connectivity index (χ2v) is 5.87. The normalized spacial score (nSPS) is 21.0.